The molecule has 3 rings (SSSR count). The predicted octanol–water partition coefficient (Wildman–Crippen LogP) is 4.52. The monoisotopic (exact) mass is 493 g/mol. The van der Waals surface area contributed by atoms with E-state index in [1.807, 2.05) is 18.2 Å². The summed E-state index contributed by atoms with van der Waals surface area (Å²) in [5, 5.41) is 9.29. The minimum atomic E-state index is -4.06. The summed E-state index contributed by atoms with van der Waals surface area (Å²) in [6.07, 6.45) is 1.03. The molecule has 0 saturated heterocycles. The second kappa shape index (κ2) is 10.8. The average Bonchev–Trinajstić information content (AvgIpc) is 3.19. The first-order valence-corrected chi connectivity index (χ1v) is 13.5. The van der Waals surface area contributed by atoms with E-state index in [2.05, 4.69) is 11.9 Å². The van der Waals surface area contributed by atoms with Crippen LogP contribution in [-0.4, -0.2) is 40.6 Å². The molecule has 1 atom stereocenters. The lowest BCUT2D eigenvalue weighted by Gasteiger charge is -2.32. The smallest absolute Gasteiger partial charge is 0.262 e. The van der Waals surface area contributed by atoms with Gasteiger partial charge in [-0.2, -0.15) is 4.31 Å². The van der Waals surface area contributed by atoms with Crippen LogP contribution in [0.15, 0.2) is 57.8 Å². The van der Waals surface area contributed by atoms with Crippen molar-refractivity contribution in [3.63, 3.8) is 0 Å². The Morgan fingerprint density at radius 3 is 2.56 bits per heavy atom. The van der Waals surface area contributed by atoms with E-state index in [0.29, 0.717) is 0 Å². The van der Waals surface area contributed by atoms with Crippen molar-refractivity contribution < 1.29 is 18.4 Å². The molecule has 0 spiro atoms. The number of hydroxylamine groups is 1. The molecule has 0 saturated carbocycles. The molecule has 0 aliphatic heterocycles. The maximum Gasteiger partial charge on any atom is 0.262 e. The van der Waals surface area contributed by atoms with Gasteiger partial charge < -0.3 is 0 Å². The number of sulfonamides is 1. The zero-order valence-electron chi connectivity index (χ0n) is 18.2. The first kappa shape index (κ1) is 24.7. The summed E-state index contributed by atoms with van der Waals surface area (Å²) in [6.45, 7) is 5.59. The molecule has 2 aromatic carbocycles. The summed E-state index contributed by atoms with van der Waals surface area (Å²) < 4.78 is 30.4. The second-order valence-corrected chi connectivity index (χ2v) is 11.9. The van der Waals surface area contributed by atoms with Gasteiger partial charge in [-0.25, -0.2) is 18.9 Å². The molecule has 1 aromatic heterocycles. The highest BCUT2D eigenvalue weighted by Gasteiger charge is 2.38. The first-order chi connectivity index (χ1) is 15.3. The zero-order chi connectivity index (χ0) is 23.3. The quantitative estimate of drug-likeness (QED) is 0.245. The lowest BCUT2D eigenvalue weighted by molar-refractivity contribution is -0.134. The van der Waals surface area contributed by atoms with E-state index in [-0.39, 0.29) is 17.4 Å². The van der Waals surface area contributed by atoms with Crippen molar-refractivity contribution in [2.45, 2.75) is 49.0 Å². The molecule has 0 radical (unpaired) electrons. The van der Waals surface area contributed by atoms with Gasteiger partial charge in [0.25, 0.3) is 5.91 Å². The third-order valence-electron chi connectivity index (χ3n) is 4.88. The number of carbonyl (C=O) groups is 1. The van der Waals surface area contributed by atoms with Gasteiger partial charge in [0.1, 0.15) is 6.04 Å². The molecule has 32 heavy (non-hydrogen) atoms. The number of hydrogen-bond donors (Lipinski definition) is 2. The van der Waals surface area contributed by atoms with Gasteiger partial charge in [-0.1, -0.05) is 62.9 Å². The van der Waals surface area contributed by atoms with Crippen molar-refractivity contribution >= 4 is 49.2 Å². The van der Waals surface area contributed by atoms with Crippen molar-refractivity contribution in [3.8, 4) is 0 Å². The van der Waals surface area contributed by atoms with E-state index in [0.717, 1.165) is 36.6 Å². The molecule has 172 valence electrons. The fourth-order valence-corrected chi connectivity index (χ4v) is 7.20. The van der Waals surface area contributed by atoms with Crippen molar-refractivity contribution in [2.75, 3.05) is 5.75 Å². The van der Waals surface area contributed by atoms with Crippen molar-refractivity contribution in [1.29, 1.82) is 0 Å². The van der Waals surface area contributed by atoms with Crippen molar-refractivity contribution in [2.24, 2.45) is 5.92 Å². The Morgan fingerprint density at radius 2 is 1.94 bits per heavy atom. The number of thioether (sulfide) groups is 1. The molecular formula is C22H27N3O4S3. The third kappa shape index (κ3) is 5.49. The molecule has 0 fully saturated rings. The van der Waals surface area contributed by atoms with Gasteiger partial charge in [-0.15, -0.1) is 11.3 Å². The Kier molecular flexibility index (Phi) is 8.29. The molecule has 0 aliphatic carbocycles. The van der Waals surface area contributed by atoms with E-state index >= 15 is 0 Å². The van der Waals surface area contributed by atoms with Crippen molar-refractivity contribution in [1.82, 2.24) is 14.8 Å². The molecule has 1 amide bonds. The number of nitrogens with zero attached hydrogens (tertiary/aromatic N) is 2. The number of benzene rings is 2. The number of nitrogens with one attached hydrogen (secondary N) is 1. The maximum atomic E-state index is 13.8. The van der Waals surface area contributed by atoms with E-state index in [1.165, 1.54) is 17.4 Å². The van der Waals surface area contributed by atoms with Gasteiger partial charge in [0.05, 0.1) is 15.1 Å². The van der Waals surface area contributed by atoms with Crippen LogP contribution >= 0.6 is 23.1 Å². The summed E-state index contributed by atoms with van der Waals surface area (Å²) in [5.74, 6) is -0.191. The summed E-state index contributed by atoms with van der Waals surface area (Å²) >= 11 is 3.11. The molecule has 3 aromatic rings. The van der Waals surface area contributed by atoms with Crippen LogP contribution in [0, 0.1) is 5.92 Å². The number of aromatic nitrogens is 1. The predicted molar refractivity (Wildman–Crippen MR) is 128 cm³/mol. The van der Waals surface area contributed by atoms with Crippen LogP contribution in [0.3, 0.4) is 0 Å². The van der Waals surface area contributed by atoms with E-state index < -0.39 is 22.0 Å². The van der Waals surface area contributed by atoms with Gasteiger partial charge in [-0.3, -0.25) is 10.0 Å². The Bertz CT molecular complexity index is 1160. The summed E-state index contributed by atoms with van der Waals surface area (Å²) in [7, 11) is -4.06. The summed E-state index contributed by atoms with van der Waals surface area (Å²) in [5.41, 5.74) is 3.12. The molecular weight excluding hydrogens is 466 g/mol. The highest BCUT2D eigenvalue weighted by Crippen LogP contribution is 2.33. The van der Waals surface area contributed by atoms with Gasteiger partial charge in [-0.05, 0) is 36.1 Å². The minimum absolute atomic E-state index is 0.00221. The second-order valence-electron chi connectivity index (χ2n) is 7.66. The zero-order valence-corrected chi connectivity index (χ0v) is 20.6. The maximum absolute atomic E-state index is 13.8. The number of thiazole rings is 1. The number of carbonyl (C=O) groups excluding carboxylic acids is 1. The van der Waals surface area contributed by atoms with Gasteiger partial charge >= 0.3 is 0 Å². The van der Waals surface area contributed by atoms with Crippen LogP contribution in [0.1, 0.15) is 32.8 Å². The highest BCUT2D eigenvalue weighted by atomic mass is 32.2. The average molecular weight is 494 g/mol. The number of rotatable bonds is 10. The standard InChI is InChI=1S/C22H27N3O4S3/c1-4-12-30-22-23-18-11-10-17(13-19(18)31-22)32(28,29)25(14-16-8-6-5-7-9-16)20(15(2)3)21(26)24-27/h5-11,13,15,20,27H,4,12,14H2,1-3H3,(H,24,26)/t20-/m1/s1. The summed E-state index contributed by atoms with van der Waals surface area (Å²) in [6, 6.07) is 12.8. The summed E-state index contributed by atoms with van der Waals surface area (Å²) in [4.78, 5) is 17.2. The van der Waals surface area contributed by atoms with Crippen LogP contribution < -0.4 is 5.48 Å². The van der Waals surface area contributed by atoms with Gasteiger partial charge in [0, 0.05) is 12.3 Å². The number of hydrogen-bond acceptors (Lipinski definition) is 7. The van der Waals surface area contributed by atoms with Crippen LogP contribution in [0.4, 0.5) is 0 Å². The molecule has 0 unspecified atom stereocenters. The third-order valence-corrected chi connectivity index (χ3v) is 9.07. The minimum Gasteiger partial charge on any atom is -0.289 e. The van der Waals surface area contributed by atoms with Crippen LogP contribution in [0.5, 0.6) is 0 Å². The SMILES string of the molecule is CCCSc1nc2ccc(S(=O)(=O)N(Cc3ccccc3)[C@@H](C(=O)NO)C(C)C)cc2s1. The molecule has 0 bridgehead atoms. The van der Waals surface area contributed by atoms with E-state index in [4.69, 9.17) is 0 Å². The lowest BCUT2D eigenvalue weighted by atomic mass is 10.0. The Morgan fingerprint density at radius 1 is 1.22 bits per heavy atom. The first-order valence-electron chi connectivity index (χ1n) is 10.3. The fraction of sp³-hybridized carbons (Fsp3) is 0.364. The Labute approximate surface area is 196 Å². The number of amides is 1. The van der Waals surface area contributed by atoms with Crippen LogP contribution in [0.25, 0.3) is 10.2 Å². The highest BCUT2D eigenvalue weighted by molar-refractivity contribution is 8.01. The largest absolute Gasteiger partial charge is 0.289 e. The van der Waals surface area contributed by atoms with Gasteiger partial charge in [0.15, 0.2) is 4.34 Å². The Balaban J connectivity index is 2.06. The van der Waals surface area contributed by atoms with Crippen molar-refractivity contribution in [3.05, 3.63) is 54.1 Å². The fourth-order valence-electron chi connectivity index (χ4n) is 3.36. The topological polar surface area (TPSA) is 99.6 Å². The van der Waals surface area contributed by atoms with E-state index in [1.54, 1.807) is 55.4 Å². The number of fused-ring (bicyclic) bond motifs is 1. The molecule has 2 N–H and O–H groups in total. The van der Waals surface area contributed by atoms with Crippen LogP contribution in [0.2, 0.25) is 0 Å². The molecule has 1 heterocycles. The normalized spacial score (nSPS) is 13.1. The van der Waals surface area contributed by atoms with Gasteiger partial charge in [0.2, 0.25) is 10.0 Å². The van der Waals surface area contributed by atoms with Crippen LogP contribution in [-0.2, 0) is 21.4 Å². The molecule has 0 aliphatic rings. The lowest BCUT2D eigenvalue weighted by Crippen LogP contribution is -2.51. The van der Waals surface area contributed by atoms with E-state index in [9.17, 15) is 18.4 Å². The molecule has 10 heteroatoms. The molecule has 7 nitrogen and oxygen atoms in total. The Hall–Kier alpha value is -1.98.